The van der Waals surface area contributed by atoms with E-state index < -0.39 is 0 Å². The predicted octanol–water partition coefficient (Wildman–Crippen LogP) is 5.61. The lowest BCUT2D eigenvalue weighted by Crippen LogP contribution is -2.08. The molecule has 1 fully saturated rings. The van der Waals surface area contributed by atoms with Gasteiger partial charge in [-0.3, -0.25) is 0 Å². The van der Waals surface area contributed by atoms with E-state index in [1.54, 1.807) is 0 Å². The van der Waals surface area contributed by atoms with Crippen molar-refractivity contribution in [2.45, 2.75) is 51.0 Å². The van der Waals surface area contributed by atoms with E-state index in [4.69, 9.17) is 0 Å². The second-order valence-electron chi connectivity index (χ2n) is 5.30. The molecular formula is C15H20Br2O. The fraction of sp³-hybridized carbons (Fsp3) is 0.600. The summed E-state index contributed by atoms with van der Waals surface area (Å²) >= 11 is 6.94. The highest BCUT2D eigenvalue weighted by molar-refractivity contribution is 9.11. The average Bonchev–Trinajstić information content (AvgIpc) is 2.36. The topological polar surface area (TPSA) is 20.2 Å². The van der Waals surface area contributed by atoms with Crippen LogP contribution in [0.1, 0.15) is 56.6 Å². The van der Waals surface area contributed by atoms with Gasteiger partial charge in [-0.05, 0) is 42.5 Å². The summed E-state index contributed by atoms with van der Waals surface area (Å²) in [5.41, 5.74) is 1.01. The molecule has 0 bridgehead atoms. The van der Waals surface area contributed by atoms with Gasteiger partial charge in [0.2, 0.25) is 0 Å². The minimum atomic E-state index is -0.333. The van der Waals surface area contributed by atoms with E-state index in [-0.39, 0.29) is 6.10 Å². The lowest BCUT2D eigenvalue weighted by atomic mass is 9.85. The van der Waals surface area contributed by atoms with Crippen LogP contribution >= 0.6 is 31.9 Å². The monoisotopic (exact) mass is 374 g/mol. The number of hydrogen-bond acceptors (Lipinski definition) is 1. The second-order valence-corrected chi connectivity index (χ2v) is 7.13. The lowest BCUT2D eigenvalue weighted by Gasteiger charge is -2.22. The van der Waals surface area contributed by atoms with Gasteiger partial charge in [-0.25, -0.2) is 0 Å². The highest BCUT2D eigenvalue weighted by Gasteiger charge is 2.16. The van der Waals surface area contributed by atoms with Gasteiger partial charge in [0.1, 0.15) is 0 Å². The van der Waals surface area contributed by atoms with Crippen molar-refractivity contribution in [3.8, 4) is 0 Å². The third-order valence-corrected chi connectivity index (χ3v) is 4.76. The summed E-state index contributed by atoms with van der Waals surface area (Å²) in [7, 11) is 0. The van der Waals surface area contributed by atoms with Crippen LogP contribution in [-0.4, -0.2) is 5.11 Å². The molecule has 1 N–H and O–H groups in total. The zero-order valence-electron chi connectivity index (χ0n) is 10.5. The van der Waals surface area contributed by atoms with Crippen LogP contribution in [0.2, 0.25) is 0 Å². The molecule has 0 aromatic heterocycles. The van der Waals surface area contributed by atoms with Gasteiger partial charge in [0.05, 0.1) is 6.10 Å². The molecule has 0 amide bonds. The molecule has 1 aliphatic rings. The van der Waals surface area contributed by atoms with E-state index >= 15 is 0 Å². The Labute approximate surface area is 126 Å². The zero-order valence-corrected chi connectivity index (χ0v) is 13.7. The number of aliphatic hydroxyl groups is 1. The van der Waals surface area contributed by atoms with E-state index in [0.29, 0.717) is 0 Å². The van der Waals surface area contributed by atoms with Gasteiger partial charge in [0.15, 0.2) is 0 Å². The summed E-state index contributed by atoms with van der Waals surface area (Å²) in [5, 5.41) is 10.3. The molecule has 1 aromatic rings. The molecule has 1 unspecified atom stereocenters. The molecule has 0 heterocycles. The maximum Gasteiger partial charge on any atom is 0.0790 e. The van der Waals surface area contributed by atoms with Crippen LogP contribution in [0.3, 0.4) is 0 Å². The first-order valence-electron chi connectivity index (χ1n) is 6.79. The van der Waals surface area contributed by atoms with Crippen LogP contribution in [0.5, 0.6) is 0 Å². The Bertz CT molecular complexity index is 366. The van der Waals surface area contributed by atoms with Crippen molar-refractivity contribution in [3.63, 3.8) is 0 Å². The van der Waals surface area contributed by atoms with Crippen LogP contribution in [0, 0.1) is 5.92 Å². The van der Waals surface area contributed by atoms with Crippen molar-refractivity contribution >= 4 is 31.9 Å². The molecule has 2 rings (SSSR count). The molecule has 0 radical (unpaired) electrons. The number of halogens is 2. The smallest absolute Gasteiger partial charge is 0.0790 e. The number of rotatable bonds is 4. The highest BCUT2D eigenvalue weighted by Crippen LogP contribution is 2.31. The molecule has 3 heteroatoms. The van der Waals surface area contributed by atoms with Gasteiger partial charge < -0.3 is 5.11 Å². The standard InChI is InChI=1S/C15H20Br2O/c16-13-8-12(9-14(17)10-13)15(18)7-6-11-4-2-1-3-5-11/h8-11,15,18H,1-7H2. The first kappa shape index (κ1) is 14.5. The minimum absolute atomic E-state index is 0.333. The second kappa shape index (κ2) is 7.06. The van der Waals surface area contributed by atoms with Gasteiger partial charge in [-0.2, -0.15) is 0 Å². The van der Waals surface area contributed by atoms with Gasteiger partial charge >= 0.3 is 0 Å². The summed E-state index contributed by atoms with van der Waals surface area (Å²) < 4.78 is 2.03. The van der Waals surface area contributed by atoms with E-state index in [0.717, 1.165) is 33.3 Å². The van der Waals surface area contributed by atoms with E-state index in [9.17, 15) is 5.11 Å². The van der Waals surface area contributed by atoms with Crippen LogP contribution in [0.4, 0.5) is 0 Å². The van der Waals surface area contributed by atoms with Crippen molar-refractivity contribution < 1.29 is 5.11 Å². The Balaban J connectivity index is 1.88. The third kappa shape index (κ3) is 4.36. The van der Waals surface area contributed by atoms with Crippen molar-refractivity contribution in [2.24, 2.45) is 5.92 Å². The molecule has 0 spiro atoms. The summed E-state index contributed by atoms with van der Waals surface area (Å²) in [5.74, 6) is 0.837. The fourth-order valence-electron chi connectivity index (χ4n) is 2.80. The van der Waals surface area contributed by atoms with Gasteiger partial charge in [-0.15, -0.1) is 0 Å². The molecule has 0 saturated heterocycles. The number of hydrogen-bond donors (Lipinski definition) is 1. The van der Waals surface area contributed by atoms with Gasteiger partial charge in [-0.1, -0.05) is 64.0 Å². The summed E-state index contributed by atoms with van der Waals surface area (Å²) in [4.78, 5) is 0. The zero-order chi connectivity index (χ0) is 13.0. The molecule has 100 valence electrons. The lowest BCUT2D eigenvalue weighted by molar-refractivity contribution is 0.151. The first-order chi connectivity index (χ1) is 8.65. The average molecular weight is 376 g/mol. The number of aliphatic hydroxyl groups excluding tert-OH is 1. The summed E-state index contributed by atoms with van der Waals surface area (Å²) in [6, 6.07) is 6.02. The Hall–Kier alpha value is 0.140. The fourth-order valence-corrected chi connectivity index (χ4v) is 4.13. The van der Waals surface area contributed by atoms with Crippen LogP contribution < -0.4 is 0 Å². The van der Waals surface area contributed by atoms with Crippen molar-refractivity contribution in [2.75, 3.05) is 0 Å². The summed E-state index contributed by atoms with van der Waals surface area (Å²) in [6.07, 6.45) is 8.58. The normalized spacial score (nSPS) is 18.8. The van der Waals surface area contributed by atoms with Crippen molar-refractivity contribution in [1.29, 1.82) is 0 Å². The maximum atomic E-state index is 10.3. The van der Waals surface area contributed by atoms with Crippen LogP contribution in [0.25, 0.3) is 0 Å². The molecule has 18 heavy (non-hydrogen) atoms. The van der Waals surface area contributed by atoms with E-state index in [1.165, 1.54) is 32.1 Å². The van der Waals surface area contributed by atoms with Gasteiger partial charge in [0, 0.05) is 8.95 Å². The molecule has 1 aromatic carbocycles. The first-order valence-corrected chi connectivity index (χ1v) is 8.38. The molecule has 1 atom stereocenters. The predicted molar refractivity (Wildman–Crippen MR) is 82.6 cm³/mol. The summed E-state index contributed by atoms with van der Waals surface area (Å²) in [6.45, 7) is 0. The quantitative estimate of drug-likeness (QED) is 0.725. The highest BCUT2D eigenvalue weighted by atomic mass is 79.9. The van der Waals surface area contributed by atoms with Crippen LogP contribution in [0.15, 0.2) is 27.1 Å². The maximum absolute atomic E-state index is 10.3. The Morgan fingerprint density at radius 3 is 2.28 bits per heavy atom. The van der Waals surface area contributed by atoms with E-state index in [2.05, 4.69) is 31.9 Å². The van der Waals surface area contributed by atoms with Crippen LogP contribution in [-0.2, 0) is 0 Å². The molecule has 1 aliphatic carbocycles. The molecular weight excluding hydrogens is 356 g/mol. The third-order valence-electron chi connectivity index (χ3n) is 3.84. The Morgan fingerprint density at radius 2 is 1.67 bits per heavy atom. The number of benzene rings is 1. The Morgan fingerprint density at radius 1 is 1.06 bits per heavy atom. The molecule has 1 nitrogen and oxygen atoms in total. The molecule has 1 saturated carbocycles. The Kier molecular flexibility index (Phi) is 5.71. The van der Waals surface area contributed by atoms with Gasteiger partial charge in [0.25, 0.3) is 0 Å². The largest absolute Gasteiger partial charge is 0.388 e. The SMILES string of the molecule is OC(CCC1CCCCC1)c1cc(Br)cc(Br)c1. The van der Waals surface area contributed by atoms with E-state index in [1.807, 2.05) is 18.2 Å². The van der Waals surface area contributed by atoms with Crippen molar-refractivity contribution in [1.82, 2.24) is 0 Å². The van der Waals surface area contributed by atoms with Crippen molar-refractivity contribution in [3.05, 3.63) is 32.7 Å². The molecule has 0 aliphatic heterocycles. The minimum Gasteiger partial charge on any atom is -0.388 e.